The van der Waals surface area contributed by atoms with Gasteiger partial charge in [0.1, 0.15) is 19.0 Å². The molecule has 9 heteroatoms. The van der Waals surface area contributed by atoms with Crippen LogP contribution in [0.5, 0.6) is 28.7 Å². The fourth-order valence-electron chi connectivity index (χ4n) is 5.05. The van der Waals surface area contributed by atoms with Crippen molar-refractivity contribution in [2.45, 2.75) is 18.9 Å². The summed E-state index contributed by atoms with van der Waals surface area (Å²) in [5.74, 6) is 2.37. The van der Waals surface area contributed by atoms with Gasteiger partial charge in [-0.3, -0.25) is 9.59 Å². The van der Waals surface area contributed by atoms with Gasteiger partial charge in [0.25, 0.3) is 0 Å². The molecule has 3 aromatic rings. The molecule has 0 aliphatic carbocycles. The summed E-state index contributed by atoms with van der Waals surface area (Å²) in [5.41, 5.74) is 2.08. The van der Waals surface area contributed by atoms with Crippen LogP contribution in [0.2, 0.25) is 0 Å². The van der Waals surface area contributed by atoms with Crippen molar-refractivity contribution in [3.63, 3.8) is 0 Å². The van der Waals surface area contributed by atoms with E-state index in [1.165, 1.54) is 0 Å². The summed E-state index contributed by atoms with van der Waals surface area (Å²) in [4.78, 5) is 28.8. The zero-order valence-corrected chi connectivity index (χ0v) is 20.3. The predicted molar refractivity (Wildman–Crippen MR) is 135 cm³/mol. The molecule has 0 bridgehead atoms. The normalized spacial score (nSPS) is 19.9. The highest BCUT2D eigenvalue weighted by molar-refractivity contribution is 6.00. The lowest BCUT2D eigenvalue weighted by molar-refractivity contribution is -0.125. The quantitative estimate of drug-likeness (QED) is 0.555. The molecule has 1 fully saturated rings. The van der Waals surface area contributed by atoms with Gasteiger partial charge in [-0.25, -0.2) is 0 Å². The first-order valence-corrected chi connectivity index (χ1v) is 12.2. The SMILES string of the molecule is COc1ccc(C2C(C(=O)Nc3ccc4c(c3)OCCO4)CCC(=O)N2c2ccc3c(c2)OCO3)cc1. The highest BCUT2D eigenvalue weighted by atomic mass is 16.7. The van der Waals surface area contributed by atoms with Gasteiger partial charge < -0.3 is 33.9 Å². The minimum absolute atomic E-state index is 0.0666. The summed E-state index contributed by atoms with van der Waals surface area (Å²) >= 11 is 0. The van der Waals surface area contributed by atoms with E-state index >= 15 is 0 Å². The topological polar surface area (TPSA) is 95.6 Å². The van der Waals surface area contributed by atoms with Crippen LogP contribution < -0.4 is 33.9 Å². The fraction of sp³-hybridized carbons (Fsp3) is 0.286. The molecule has 0 aromatic heterocycles. The lowest BCUT2D eigenvalue weighted by Gasteiger charge is -2.41. The number of carbonyl (C=O) groups is 2. The maximum atomic E-state index is 13.7. The van der Waals surface area contributed by atoms with E-state index in [1.54, 1.807) is 42.3 Å². The molecule has 2 atom stereocenters. The maximum absolute atomic E-state index is 13.7. The standard InChI is InChI=1S/C28H26N2O7/c1-33-20-6-2-17(3-7-20)27-21(28(32)29-18-4-9-22-24(14-18)35-13-12-34-22)8-11-26(31)30(27)19-5-10-23-25(15-19)37-16-36-23/h2-7,9-10,14-15,21,27H,8,11-13,16H2,1H3,(H,29,32). The first kappa shape index (κ1) is 23.0. The van der Waals surface area contributed by atoms with Gasteiger partial charge in [-0.1, -0.05) is 12.1 Å². The largest absolute Gasteiger partial charge is 0.497 e. The second-order valence-electron chi connectivity index (χ2n) is 9.01. The number of benzene rings is 3. The lowest BCUT2D eigenvalue weighted by atomic mass is 9.83. The Morgan fingerprint density at radius 2 is 1.59 bits per heavy atom. The van der Waals surface area contributed by atoms with Crippen LogP contribution in [0.3, 0.4) is 0 Å². The molecule has 37 heavy (non-hydrogen) atoms. The predicted octanol–water partition coefficient (Wildman–Crippen LogP) is 4.32. The molecular weight excluding hydrogens is 476 g/mol. The van der Waals surface area contributed by atoms with E-state index in [1.807, 2.05) is 30.3 Å². The molecule has 2 unspecified atom stereocenters. The third-order valence-corrected chi connectivity index (χ3v) is 6.84. The van der Waals surface area contributed by atoms with Gasteiger partial charge >= 0.3 is 0 Å². The van der Waals surface area contributed by atoms with Crippen molar-refractivity contribution in [2.75, 3.05) is 37.3 Å². The summed E-state index contributed by atoms with van der Waals surface area (Å²) in [6.45, 7) is 1.09. The summed E-state index contributed by atoms with van der Waals surface area (Å²) < 4.78 is 27.6. The van der Waals surface area contributed by atoms with Gasteiger partial charge in [0.2, 0.25) is 18.6 Å². The van der Waals surface area contributed by atoms with Crippen LogP contribution in [0.1, 0.15) is 24.4 Å². The molecule has 190 valence electrons. The summed E-state index contributed by atoms with van der Waals surface area (Å²) in [7, 11) is 1.60. The van der Waals surface area contributed by atoms with Crippen LogP contribution in [0.25, 0.3) is 0 Å². The number of anilines is 2. The van der Waals surface area contributed by atoms with Gasteiger partial charge in [0.15, 0.2) is 23.0 Å². The van der Waals surface area contributed by atoms with Crippen LogP contribution in [0.15, 0.2) is 60.7 Å². The molecule has 1 N–H and O–H groups in total. The van der Waals surface area contributed by atoms with Crippen LogP contribution in [0, 0.1) is 5.92 Å². The van der Waals surface area contributed by atoms with Crippen molar-refractivity contribution < 1.29 is 33.3 Å². The Hall–Kier alpha value is -4.40. The maximum Gasteiger partial charge on any atom is 0.231 e. The molecule has 3 aliphatic heterocycles. The van der Waals surface area contributed by atoms with E-state index < -0.39 is 12.0 Å². The molecule has 3 aromatic carbocycles. The summed E-state index contributed by atoms with van der Waals surface area (Å²) in [6, 6.07) is 17.7. The number of fused-ring (bicyclic) bond motifs is 2. The van der Waals surface area contributed by atoms with E-state index in [4.69, 9.17) is 23.7 Å². The molecule has 2 amide bonds. The van der Waals surface area contributed by atoms with Crippen LogP contribution in [-0.2, 0) is 9.59 Å². The first-order valence-electron chi connectivity index (χ1n) is 12.2. The monoisotopic (exact) mass is 502 g/mol. The Balaban J connectivity index is 1.35. The number of amides is 2. The Labute approximate surface area is 213 Å². The van der Waals surface area contributed by atoms with Gasteiger partial charge in [0, 0.05) is 29.9 Å². The van der Waals surface area contributed by atoms with Crippen molar-refractivity contribution in [1.29, 1.82) is 0 Å². The number of piperidine rings is 1. The lowest BCUT2D eigenvalue weighted by Crippen LogP contribution is -2.47. The Morgan fingerprint density at radius 1 is 0.892 bits per heavy atom. The first-order chi connectivity index (χ1) is 18.1. The molecule has 6 rings (SSSR count). The van der Waals surface area contributed by atoms with E-state index in [0.29, 0.717) is 59.8 Å². The van der Waals surface area contributed by atoms with Gasteiger partial charge in [-0.15, -0.1) is 0 Å². The van der Waals surface area contributed by atoms with Crippen molar-refractivity contribution in [2.24, 2.45) is 5.92 Å². The zero-order valence-electron chi connectivity index (χ0n) is 20.3. The number of hydrogen-bond donors (Lipinski definition) is 1. The number of hydrogen-bond acceptors (Lipinski definition) is 7. The van der Waals surface area contributed by atoms with E-state index in [-0.39, 0.29) is 25.0 Å². The van der Waals surface area contributed by atoms with Crippen LogP contribution >= 0.6 is 0 Å². The molecule has 9 nitrogen and oxygen atoms in total. The van der Waals surface area contributed by atoms with Crippen LogP contribution in [0.4, 0.5) is 11.4 Å². The molecule has 0 radical (unpaired) electrons. The highest BCUT2D eigenvalue weighted by Gasteiger charge is 2.42. The molecule has 0 saturated carbocycles. The molecule has 3 aliphatic rings. The van der Waals surface area contributed by atoms with Crippen molar-refractivity contribution in [3.05, 3.63) is 66.2 Å². The van der Waals surface area contributed by atoms with E-state index in [0.717, 1.165) is 5.56 Å². The molecule has 0 spiro atoms. The Bertz CT molecular complexity index is 1340. The van der Waals surface area contributed by atoms with Gasteiger partial charge in [-0.05, 0) is 48.4 Å². The molecule has 3 heterocycles. The second kappa shape index (κ2) is 9.57. The van der Waals surface area contributed by atoms with Crippen molar-refractivity contribution in [3.8, 4) is 28.7 Å². The number of ether oxygens (including phenoxy) is 5. The molecule has 1 saturated heterocycles. The van der Waals surface area contributed by atoms with Gasteiger partial charge in [-0.2, -0.15) is 0 Å². The Morgan fingerprint density at radius 3 is 2.41 bits per heavy atom. The highest BCUT2D eigenvalue weighted by Crippen LogP contribution is 2.44. The summed E-state index contributed by atoms with van der Waals surface area (Å²) in [6.07, 6.45) is 0.646. The number of nitrogens with zero attached hydrogens (tertiary/aromatic N) is 1. The van der Waals surface area contributed by atoms with E-state index in [2.05, 4.69) is 5.32 Å². The van der Waals surface area contributed by atoms with Crippen molar-refractivity contribution in [1.82, 2.24) is 0 Å². The Kier molecular flexibility index (Phi) is 5.96. The van der Waals surface area contributed by atoms with E-state index in [9.17, 15) is 9.59 Å². The third-order valence-electron chi connectivity index (χ3n) is 6.84. The number of carbonyl (C=O) groups excluding carboxylic acids is 2. The average molecular weight is 503 g/mol. The number of nitrogens with one attached hydrogen (secondary N) is 1. The average Bonchev–Trinajstić information content (AvgIpc) is 3.41. The smallest absolute Gasteiger partial charge is 0.231 e. The van der Waals surface area contributed by atoms with Gasteiger partial charge in [0.05, 0.1) is 19.1 Å². The second-order valence-corrected chi connectivity index (χ2v) is 9.01. The summed E-state index contributed by atoms with van der Waals surface area (Å²) in [5, 5.41) is 3.03. The number of methoxy groups -OCH3 is 1. The zero-order chi connectivity index (χ0) is 25.4. The van der Waals surface area contributed by atoms with Crippen LogP contribution in [-0.4, -0.2) is 38.9 Å². The fourth-order valence-corrected chi connectivity index (χ4v) is 5.05. The third kappa shape index (κ3) is 4.37. The van der Waals surface area contributed by atoms with Crippen molar-refractivity contribution >= 4 is 23.2 Å². The minimum atomic E-state index is -0.537. The minimum Gasteiger partial charge on any atom is -0.497 e. The molecular formula is C28H26N2O7. The number of rotatable bonds is 5.